The second-order valence-electron chi connectivity index (χ2n) is 5.36. The first kappa shape index (κ1) is 13.7. The van der Waals surface area contributed by atoms with Gasteiger partial charge in [0.05, 0.1) is 5.69 Å². The summed E-state index contributed by atoms with van der Waals surface area (Å²) in [7, 11) is 0. The van der Waals surface area contributed by atoms with E-state index < -0.39 is 0 Å². The Bertz CT molecular complexity index is 801. The monoisotopic (exact) mass is 300 g/mol. The summed E-state index contributed by atoms with van der Waals surface area (Å²) in [5, 5.41) is 6.33. The Balaban J connectivity index is 1.76. The van der Waals surface area contributed by atoms with E-state index in [1.165, 1.54) is 0 Å². The molecule has 3 aromatic carbocycles. The number of benzene rings is 3. The van der Waals surface area contributed by atoms with Crippen LogP contribution in [-0.2, 0) is 4.84 Å². The van der Waals surface area contributed by atoms with Crippen molar-refractivity contribution in [2.24, 2.45) is 5.10 Å². The molecule has 0 bridgehead atoms. The Hall–Kier alpha value is -2.91. The molecule has 0 spiro atoms. The maximum absolute atomic E-state index is 6.13. The Morgan fingerprint density at radius 2 is 1.26 bits per heavy atom. The topological polar surface area (TPSA) is 24.8 Å². The van der Waals surface area contributed by atoms with Crippen LogP contribution in [0.1, 0.15) is 17.2 Å². The number of nitrogens with zero attached hydrogens (tertiary/aromatic N) is 2. The van der Waals surface area contributed by atoms with E-state index in [2.05, 4.69) is 24.3 Å². The average Bonchev–Trinajstić information content (AvgIpc) is 3.09. The molecular formula is C20H16N2O. The summed E-state index contributed by atoms with van der Waals surface area (Å²) in [5.74, 6) is 0. The zero-order valence-electron chi connectivity index (χ0n) is 12.5. The Morgan fingerprint density at radius 1 is 0.696 bits per heavy atom. The van der Waals surface area contributed by atoms with E-state index in [1.54, 1.807) is 5.17 Å². The molecule has 1 aliphatic rings. The van der Waals surface area contributed by atoms with Gasteiger partial charge in [-0.15, -0.1) is 10.3 Å². The number of hydrogen-bond donors (Lipinski definition) is 0. The lowest BCUT2D eigenvalue weighted by atomic mass is 9.99. The van der Waals surface area contributed by atoms with Gasteiger partial charge in [0.1, 0.15) is 5.71 Å². The number of hydrogen-bond acceptors (Lipinski definition) is 3. The van der Waals surface area contributed by atoms with Gasteiger partial charge in [-0.1, -0.05) is 78.9 Å². The lowest BCUT2D eigenvalue weighted by Crippen LogP contribution is -2.15. The largest absolute Gasteiger partial charge is 0.237 e. The molecule has 0 amide bonds. The average molecular weight is 300 g/mol. The van der Waals surface area contributed by atoms with Crippen molar-refractivity contribution in [2.75, 3.05) is 5.17 Å². The van der Waals surface area contributed by atoms with Crippen molar-refractivity contribution in [2.45, 2.75) is 6.10 Å². The van der Waals surface area contributed by atoms with E-state index in [4.69, 9.17) is 9.94 Å². The predicted octanol–water partition coefficient (Wildman–Crippen LogP) is 4.58. The van der Waals surface area contributed by atoms with Gasteiger partial charge in [0.2, 0.25) is 0 Å². The van der Waals surface area contributed by atoms with E-state index in [0.717, 1.165) is 22.5 Å². The fourth-order valence-corrected chi connectivity index (χ4v) is 2.66. The molecule has 4 rings (SSSR count). The maximum Gasteiger partial charge on any atom is 0.157 e. The summed E-state index contributed by atoms with van der Waals surface area (Å²) < 4.78 is 0. The first-order valence-corrected chi connectivity index (χ1v) is 7.62. The fourth-order valence-electron chi connectivity index (χ4n) is 2.66. The Morgan fingerprint density at radius 3 is 1.91 bits per heavy atom. The van der Waals surface area contributed by atoms with E-state index in [1.807, 2.05) is 66.7 Å². The van der Waals surface area contributed by atoms with Crippen LogP contribution in [0.5, 0.6) is 0 Å². The fraction of sp³-hybridized carbons (Fsp3) is 0.0500. The van der Waals surface area contributed by atoms with Crippen molar-refractivity contribution in [3.05, 3.63) is 102 Å². The van der Waals surface area contributed by atoms with Crippen LogP contribution in [0.4, 0.5) is 5.69 Å². The van der Waals surface area contributed by atoms with Crippen molar-refractivity contribution in [1.82, 2.24) is 0 Å². The minimum Gasteiger partial charge on any atom is -0.237 e. The minimum atomic E-state index is -0.209. The summed E-state index contributed by atoms with van der Waals surface area (Å²) in [6.07, 6.45) is -0.209. The van der Waals surface area contributed by atoms with Gasteiger partial charge in [-0.2, -0.15) is 0 Å². The van der Waals surface area contributed by atoms with Crippen molar-refractivity contribution < 1.29 is 4.84 Å². The third-order valence-corrected chi connectivity index (χ3v) is 3.80. The van der Waals surface area contributed by atoms with Gasteiger partial charge in [0.25, 0.3) is 0 Å². The van der Waals surface area contributed by atoms with E-state index in [-0.39, 0.29) is 6.10 Å². The molecule has 0 aromatic heterocycles. The van der Waals surface area contributed by atoms with E-state index >= 15 is 0 Å². The minimum absolute atomic E-state index is 0.209. The molecule has 0 aliphatic carbocycles. The summed E-state index contributed by atoms with van der Waals surface area (Å²) in [6.45, 7) is 0. The maximum atomic E-state index is 6.13. The molecule has 0 saturated heterocycles. The first-order valence-electron chi connectivity index (χ1n) is 7.62. The lowest BCUT2D eigenvalue weighted by molar-refractivity contribution is 0.0972. The van der Waals surface area contributed by atoms with Crippen LogP contribution in [0.25, 0.3) is 0 Å². The van der Waals surface area contributed by atoms with Gasteiger partial charge in [-0.05, 0) is 17.7 Å². The SMILES string of the molecule is c1ccc(C2=NN(c3ccccc3)OC2c2ccccc2)cc1. The molecule has 0 saturated carbocycles. The molecule has 1 unspecified atom stereocenters. The zero-order valence-corrected chi connectivity index (χ0v) is 12.5. The highest BCUT2D eigenvalue weighted by Crippen LogP contribution is 2.32. The first-order chi connectivity index (χ1) is 11.4. The third-order valence-electron chi connectivity index (χ3n) is 3.80. The van der Waals surface area contributed by atoms with Crippen LogP contribution in [0.15, 0.2) is 96.1 Å². The predicted molar refractivity (Wildman–Crippen MR) is 92.2 cm³/mol. The van der Waals surface area contributed by atoms with Gasteiger partial charge in [0.15, 0.2) is 6.10 Å². The molecule has 23 heavy (non-hydrogen) atoms. The molecule has 1 aliphatic heterocycles. The Kier molecular flexibility index (Phi) is 3.62. The highest BCUT2D eigenvalue weighted by molar-refractivity contribution is 6.05. The normalized spacial score (nSPS) is 17.1. The van der Waals surface area contributed by atoms with Gasteiger partial charge in [-0.25, -0.2) is 4.84 Å². The molecular weight excluding hydrogens is 284 g/mol. The van der Waals surface area contributed by atoms with Crippen molar-refractivity contribution in [3.63, 3.8) is 0 Å². The summed E-state index contributed by atoms with van der Waals surface area (Å²) in [5.41, 5.74) is 3.99. The molecule has 3 nitrogen and oxygen atoms in total. The van der Waals surface area contributed by atoms with E-state index in [9.17, 15) is 0 Å². The highest BCUT2D eigenvalue weighted by atomic mass is 16.7. The zero-order chi connectivity index (χ0) is 15.5. The third kappa shape index (κ3) is 2.74. The molecule has 0 fully saturated rings. The van der Waals surface area contributed by atoms with Gasteiger partial charge in [0, 0.05) is 5.56 Å². The van der Waals surface area contributed by atoms with Gasteiger partial charge in [-0.3, -0.25) is 0 Å². The molecule has 0 radical (unpaired) electrons. The second-order valence-corrected chi connectivity index (χ2v) is 5.36. The number of anilines is 1. The van der Waals surface area contributed by atoms with Crippen molar-refractivity contribution in [3.8, 4) is 0 Å². The Labute approximate surface area is 135 Å². The van der Waals surface area contributed by atoms with Crippen molar-refractivity contribution >= 4 is 11.4 Å². The standard InChI is InChI=1S/C20H16N2O/c1-4-10-16(11-5-1)19-20(17-12-6-2-7-13-17)23-22(21-19)18-14-8-3-9-15-18/h1-15,20H. The molecule has 112 valence electrons. The quantitative estimate of drug-likeness (QED) is 0.707. The van der Waals surface area contributed by atoms with Crippen molar-refractivity contribution in [1.29, 1.82) is 0 Å². The van der Waals surface area contributed by atoms with Crippen LogP contribution in [0.2, 0.25) is 0 Å². The summed E-state index contributed by atoms with van der Waals surface area (Å²) in [4.78, 5) is 6.13. The smallest absolute Gasteiger partial charge is 0.157 e. The lowest BCUT2D eigenvalue weighted by Gasteiger charge is -2.16. The molecule has 3 aromatic rings. The van der Waals surface area contributed by atoms with Crippen LogP contribution >= 0.6 is 0 Å². The van der Waals surface area contributed by atoms with Crippen LogP contribution in [0, 0.1) is 0 Å². The molecule has 1 atom stereocenters. The van der Waals surface area contributed by atoms with E-state index in [0.29, 0.717) is 0 Å². The van der Waals surface area contributed by atoms with Gasteiger partial charge >= 0.3 is 0 Å². The number of hydrazone groups is 1. The summed E-state index contributed by atoms with van der Waals surface area (Å²) in [6, 6.07) is 30.3. The van der Waals surface area contributed by atoms with Gasteiger partial charge < -0.3 is 0 Å². The summed E-state index contributed by atoms with van der Waals surface area (Å²) >= 11 is 0. The van der Waals surface area contributed by atoms with Crippen LogP contribution in [-0.4, -0.2) is 5.71 Å². The molecule has 3 heteroatoms. The molecule has 1 heterocycles. The molecule has 0 N–H and O–H groups in total. The van der Waals surface area contributed by atoms with Crippen LogP contribution in [0.3, 0.4) is 0 Å². The number of rotatable bonds is 3. The second kappa shape index (κ2) is 6.07. The number of para-hydroxylation sites is 1. The van der Waals surface area contributed by atoms with Crippen LogP contribution < -0.4 is 5.17 Å². The highest BCUT2D eigenvalue weighted by Gasteiger charge is 2.31.